The maximum absolute atomic E-state index is 12.8. The summed E-state index contributed by atoms with van der Waals surface area (Å²) < 4.78 is 45.3. The predicted molar refractivity (Wildman–Crippen MR) is 96.6 cm³/mol. The highest BCUT2D eigenvalue weighted by Crippen LogP contribution is 2.33. The first kappa shape index (κ1) is 17.5. The minimum Gasteiger partial charge on any atom is -0.497 e. The number of hydrogen-bond donors (Lipinski definition) is 1. The van der Waals surface area contributed by atoms with E-state index >= 15 is 0 Å². The third-order valence-corrected chi connectivity index (χ3v) is 4.70. The van der Waals surface area contributed by atoms with Crippen molar-refractivity contribution in [2.45, 2.75) is 19.0 Å². The molecule has 1 aliphatic rings. The van der Waals surface area contributed by atoms with Crippen molar-refractivity contribution in [3.8, 4) is 11.4 Å². The topological polar surface area (TPSA) is 39.1 Å². The molecule has 2 heterocycles. The molecule has 0 radical (unpaired) electrons. The van der Waals surface area contributed by atoms with Crippen molar-refractivity contribution < 1.29 is 17.9 Å². The molecule has 0 saturated carbocycles. The van der Waals surface area contributed by atoms with Gasteiger partial charge >= 0.3 is 6.18 Å². The number of hydrogen-bond acceptors (Lipinski definition) is 3. The van der Waals surface area contributed by atoms with E-state index in [2.05, 4.69) is 10.4 Å². The molecule has 3 aromatic rings. The fourth-order valence-electron chi connectivity index (χ4n) is 3.30. The summed E-state index contributed by atoms with van der Waals surface area (Å²) in [6, 6.07) is 12.9. The fourth-order valence-corrected chi connectivity index (χ4v) is 3.30. The molecule has 0 saturated heterocycles. The molecule has 2 aromatic carbocycles. The van der Waals surface area contributed by atoms with Gasteiger partial charge in [0.25, 0.3) is 0 Å². The number of ether oxygens (including phenoxy) is 1. The summed E-state index contributed by atoms with van der Waals surface area (Å²) in [6.07, 6.45) is -2.84. The van der Waals surface area contributed by atoms with Crippen LogP contribution in [0.25, 0.3) is 5.69 Å². The zero-order valence-corrected chi connectivity index (χ0v) is 14.7. The Morgan fingerprint density at radius 3 is 2.41 bits per heavy atom. The SMILES string of the molecule is COc1ccc(Cc2nn(-c3ccc(C(F)(F)F)cc3)c3c2CCN3)cc1. The van der Waals surface area contributed by atoms with Crippen molar-refractivity contribution in [3.63, 3.8) is 0 Å². The summed E-state index contributed by atoms with van der Waals surface area (Å²) in [6.45, 7) is 0.795. The molecule has 0 atom stereocenters. The Bertz CT molecular complexity index is 944. The number of fused-ring (bicyclic) bond motifs is 1. The van der Waals surface area contributed by atoms with Gasteiger partial charge in [0.05, 0.1) is 24.1 Å². The number of halogens is 3. The monoisotopic (exact) mass is 373 g/mol. The van der Waals surface area contributed by atoms with E-state index in [9.17, 15) is 13.2 Å². The molecule has 1 aliphatic heterocycles. The second kappa shape index (κ2) is 6.64. The smallest absolute Gasteiger partial charge is 0.416 e. The van der Waals surface area contributed by atoms with Crippen LogP contribution in [0.3, 0.4) is 0 Å². The van der Waals surface area contributed by atoms with Crippen LogP contribution >= 0.6 is 0 Å². The Morgan fingerprint density at radius 1 is 1.07 bits per heavy atom. The van der Waals surface area contributed by atoms with Gasteiger partial charge in [-0.05, 0) is 48.4 Å². The lowest BCUT2D eigenvalue weighted by Crippen LogP contribution is -2.07. The van der Waals surface area contributed by atoms with Crippen LogP contribution in [0.15, 0.2) is 48.5 Å². The lowest BCUT2D eigenvalue weighted by Gasteiger charge is -2.09. The molecule has 1 N–H and O–H groups in total. The molecule has 4 rings (SSSR count). The van der Waals surface area contributed by atoms with Gasteiger partial charge in [-0.25, -0.2) is 4.68 Å². The molecule has 0 bridgehead atoms. The predicted octanol–water partition coefficient (Wildman–Crippen LogP) is 4.46. The summed E-state index contributed by atoms with van der Waals surface area (Å²) in [4.78, 5) is 0. The first-order chi connectivity index (χ1) is 13.0. The molecule has 0 unspecified atom stereocenters. The third-order valence-electron chi connectivity index (χ3n) is 4.70. The van der Waals surface area contributed by atoms with Gasteiger partial charge in [0.1, 0.15) is 11.6 Å². The molecule has 0 amide bonds. The third kappa shape index (κ3) is 3.37. The number of nitrogens with zero attached hydrogens (tertiary/aromatic N) is 2. The average molecular weight is 373 g/mol. The quantitative estimate of drug-likeness (QED) is 0.734. The zero-order valence-electron chi connectivity index (χ0n) is 14.7. The van der Waals surface area contributed by atoms with Crippen molar-refractivity contribution in [1.82, 2.24) is 9.78 Å². The summed E-state index contributed by atoms with van der Waals surface area (Å²) in [5.41, 5.74) is 3.09. The van der Waals surface area contributed by atoms with Gasteiger partial charge in [-0.15, -0.1) is 0 Å². The summed E-state index contributed by atoms with van der Waals surface area (Å²) in [7, 11) is 1.62. The van der Waals surface area contributed by atoms with Crippen LogP contribution in [0.2, 0.25) is 0 Å². The van der Waals surface area contributed by atoms with Gasteiger partial charge in [-0.1, -0.05) is 12.1 Å². The Labute approximate surface area is 154 Å². The summed E-state index contributed by atoms with van der Waals surface area (Å²) >= 11 is 0. The molecule has 0 spiro atoms. The average Bonchev–Trinajstić information content (AvgIpc) is 3.26. The molecular formula is C20H18F3N3O. The second-order valence-corrected chi connectivity index (χ2v) is 6.43. The van der Waals surface area contributed by atoms with Crippen LogP contribution in [0, 0.1) is 0 Å². The van der Waals surface area contributed by atoms with Crippen molar-refractivity contribution in [2.24, 2.45) is 0 Å². The minimum atomic E-state index is -4.34. The molecule has 140 valence electrons. The summed E-state index contributed by atoms with van der Waals surface area (Å²) in [5.74, 6) is 1.65. The lowest BCUT2D eigenvalue weighted by molar-refractivity contribution is -0.137. The standard InChI is InChI=1S/C20H18F3N3O/c1-27-16-8-2-13(3-9-16)12-18-17-10-11-24-19(17)26(25-18)15-6-4-14(5-7-15)20(21,22)23/h2-9,24H,10-12H2,1H3. The molecule has 1 aromatic heterocycles. The second-order valence-electron chi connectivity index (χ2n) is 6.43. The molecular weight excluding hydrogens is 355 g/mol. The van der Waals surface area contributed by atoms with Crippen molar-refractivity contribution in [1.29, 1.82) is 0 Å². The first-order valence-electron chi connectivity index (χ1n) is 8.61. The number of aromatic nitrogens is 2. The minimum absolute atomic E-state index is 0.606. The maximum atomic E-state index is 12.8. The van der Waals surface area contributed by atoms with Crippen LogP contribution in [-0.4, -0.2) is 23.4 Å². The largest absolute Gasteiger partial charge is 0.497 e. The number of nitrogens with one attached hydrogen (secondary N) is 1. The van der Waals surface area contributed by atoms with Crippen LogP contribution in [0.5, 0.6) is 5.75 Å². The van der Waals surface area contributed by atoms with E-state index in [0.717, 1.165) is 53.5 Å². The van der Waals surface area contributed by atoms with E-state index in [1.54, 1.807) is 11.8 Å². The van der Waals surface area contributed by atoms with Crippen molar-refractivity contribution in [2.75, 3.05) is 19.0 Å². The van der Waals surface area contributed by atoms with Crippen LogP contribution in [-0.2, 0) is 19.0 Å². The highest BCUT2D eigenvalue weighted by atomic mass is 19.4. The van der Waals surface area contributed by atoms with Gasteiger partial charge in [0, 0.05) is 18.5 Å². The lowest BCUT2D eigenvalue weighted by atomic mass is 10.1. The number of anilines is 1. The Hall–Kier alpha value is -2.96. The molecule has 0 fully saturated rings. The number of methoxy groups -OCH3 is 1. The number of alkyl halides is 3. The Balaban J connectivity index is 1.66. The Morgan fingerprint density at radius 2 is 1.78 bits per heavy atom. The van der Waals surface area contributed by atoms with Crippen molar-refractivity contribution in [3.05, 3.63) is 70.9 Å². The van der Waals surface area contributed by atoms with Crippen LogP contribution < -0.4 is 10.1 Å². The van der Waals surface area contributed by atoms with E-state index in [0.29, 0.717) is 12.1 Å². The van der Waals surface area contributed by atoms with Gasteiger partial charge < -0.3 is 10.1 Å². The van der Waals surface area contributed by atoms with E-state index in [1.807, 2.05) is 24.3 Å². The van der Waals surface area contributed by atoms with E-state index in [-0.39, 0.29) is 0 Å². The summed E-state index contributed by atoms with van der Waals surface area (Å²) in [5, 5.41) is 7.97. The van der Waals surface area contributed by atoms with Crippen molar-refractivity contribution >= 4 is 5.82 Å². The first-order valence-corrected chi connectivity index (χ1v) is 8.61. The highest BCUT2D eigenvalue weighted by molar-refractivity contribution is 5.58. The fraction of sp³-hybridized carbons (Fsp3) is 0.250. The molecule has 4 nitrogen and oxygen atoms in total. The van der Waals surface area contributed by atoms with E-state index in [4.69, 9.17) is 4.74 Å². The van der Waals surface area contributed by atoms with Gasteiger partial charge in [0.2, 0.25) is 0 Å². The molecule has 7 heteroatoms. The van der Waals surface area contributed by atoms with Gasteiger partial charge in [-0.2, -0.15) is 18.3 Å². The van der Waals surface area contributed by atoms with Gasteiger partial charge in [0.15, 0.2) is 0 Å². The molecule has 27 heavy (non-hydrogen) atoms. The van der Waals surface area contributed by atoms with Crippen LogP contribution in [0.4, 0.5) is 19.0 Å². The van der Waals surface area contributed by atoms with E-state index < -0.39 is 11.7 Å². The number of rotatable bonds is 4. The Kier molecular flexibility index (Phi) is 4.30. The molecule has 0 aliphatic carbocycles. The normalized spacial score (nSPS) is 13.3. The number of benzene rings is 2. The van der Waals surface area contributed by atoms with Crippen LogP contribution in [0.1, 0.15) is 22.4 Å². The zero-order chi connectivity index (χ0) is 19.0. The van der Waals surface area contributed by atoms with E-state index in [1.165, 1.54) is 12.1 Å². The maximum Gasteiger partial charge on any atom is 0.416 e. The van der Waals surface area contributed by atoms with Gasteiger partial charge in [-0.3, -0.25) is 0 Å². The highest BCUT2D eigenvalue weighted by Gasteiger charge is 2.30.